The Morgan fingerprint density at radius 1 is 1.28 bits per heavy atom. The van der Waals surface area contributed by atoms with Crippen LogP contribution in [0.2, 0.25) is 12.1 Å². The molecule has 5 nitrogen and oxygen atoms in total. The Morgan fingerprint density at radius 2 is 2.03 bits per heavy atom. The minimum absolute atomic E-state index is 0.0118. The van der Waals surface area contributed by atoms with Crippen molar-refractivity contribution in [1.82, 2.24) is 9.38 Å². The van der Waals surface area contributed by atoms with Crippen LogP contribution in [0.4, 0.5) is 14.5 Å². The largest absolute Gasteiger partial charge is 0.396 e. The predicted molar refractivity (Wildman–Crippen MR) is 109 cm³/mol. The van der Waals surface area contributed by atoms with Crippen molar-refractivity contribution in [3.8, 4) is 17.1 Å². The average Bonchev–Trinajstić information content (AvgIpc) is 3.35. The van der Waals surface area contributed by atoms with Gasteiger partial charge in [-0.25, -0.2) is 19.0 Å². The molecule has 2 N–H and O–H groups in total. The first-order chi connectivity index (χ1) is 13.9. The minimum atomic E-state index is -0.572. The Kier molecular flexibility index (Phi) is 3.79. The number of nitrogen functional groups attached to an aromatic ring is 1. The molecule has 1 aliphatic carbocycles. The first-order valence-electron chi connectivity index (χ1n) is 9.54. The molecule has 0 atom stereocenters. The van der Waals surface area contributed by atoms with Gasteiger partial charge in [0.25, 0.3) is 6.71 Å². The van der Waals surface area contributed by atoms with E-state index in [2.05, 4.69) is 15.9 Å². The van der Waals surface area contributed by atoms with E-state index < -0.39 is 11.6 Å². The topological polar surface area (TPSA) is 79.5 Å². The maximum absolute atomic E-state index is 14.9. The van der Waals surface area contributed by atoms with Gasteiger partial charge in [-0.05, 0) is 48.7 Å². The van der Waals surface area contributed by atoms with Crippen LogP contribution in [0.15, 0.2) is 35.6 Å². The number of nitrogens with zero attached hydrogens (tertiary/aromatic N) is 4. The molecule has 3 aliphatic rings. The molecule has 3 fully saturated rings. The first kappa shape index (κ1) is 17.9. The van der Waals surface area contributed by atoms with Gasteiger partial charge in [0, 0.05) is 48.2 Å². The fourth-order valence-corrected chi connectivity index (χ4v) is 4.97. The summed E-state index contributed by atoms with van der Waals surface area (Å²) in [5.74, 6) is 1.77. The van der Waals surface area contributed by atoms with Gasteiger partial charge >= 0.3 is 0 Å². The number of rotatable bonds is 3. The van der Waals surface area contributed by atoms with E-state index in [1.165, 1.54) is 18.3 Å². The summed E-state index contributed by atoms with van der Waals surface area (Å²) >= 11 is 0. The van der Waals surface area contributed by atoms with Gasteiger partial charge in [0.05, 0.1) is 11.4 Å². The molecule has 6 rings (SSSR count). The highest BCUT2D eigenvalue weighted by atomic mass is 19.1. The molecule has 2 saturated heterocycles. The molecular weight excluding hydrogens is 371 g/mol. The van der Waals surface area contributed by atoms with E-state index in [1.807, 2.05) is 6.20 Å². The Labute approximate surface area is 167 Å². The summed E-state index contributed by atoms with van der Waals surface area (Å²) < 4.78 is 30.8. The molecule has 29 heavy (non-hydrogen) atoms. The van der Waals surface area contributed by atoms with Crippen LogP contribution in [0.1, 0.15) is 24.1 Å². The third kappa shape index (κ3) is 2.57. The zero-order chi connectivity index (χ0) is 20.3. The van der Waals surface area contributed by atoms with E-state index in [9.17, 15) is 14.0 Å². The number of benzene rings is 1. The number of fused-ring (bicyclic) bond motifs is 2. The Hall–Kier alpha value is -3.21. The van der Waals surface area contributed by atoms with Crippen molar-refractivity contribution in [3.63, 3.8) is 0 Å². The van der Waals surface area contributed by atoms with Crippen molar-refractivity contribution < 1.29 is 8.78 Å². The number of pyridine rings is 1. The molecule has 0 unspecified atom stereocenters. The van der Waals surface area contributed by atoms with Gasteiger partial charge < -0.3 is 10.1 Å². The van der Waals surface area contributed by atoms with Crippen molar-refractivity contribution in [2.75, 3.05) is 12.8 Å². The second-order valence-corrected chi connectivity index (χ2v) is 8.17. The number of aliphatic imine (C=N–C) groups is 1. The van der Waals surface area contributed by atoms with Gasteiger partial charge in [-0.3, -0.25) is 4.99 Å². The number of nitriles is 1. The molecule has 2 aliphatic heterocycles. The fourth-order valence-electron chi connectivity index (χ4n) is 4.97. The molecule has 1 aromatic carbocycles. The molecule has 3 aromatic rings. The molecule has 0 spiro atoms. The molecule has 0 amide bonds. The third-order valence-corrected chi connectivity index (χ3v) is 6.46. The molecule has 144 valence electrons. The Bertz CT molecular complexity index is 1220. The summed E-state index contributed by atoms with van der Waals surface area (Å²) in [5, 5.41) is 9.29. The zero-order valence-electron chi connectivity index (χ0n) is 15.9. The van der Waals surface area contributed by atoms with Gasteiger partial charge in [-0.1, -0.05) is 0 Å². The second kappa shape index (κ2) is 6.15. The lowest BCUT2D eigenvalue weighted by Crippen LogP contribution is -2.30. The number of aromatic nitrogens is 2. The lowest BCUT2D eigenvalue weighted by atomic mass is 9.45. The van der Waals surface area contributed by atoms with E-state index >= 15 is 0 Å². The lowest BCUT2D eigenvalue weighted by molar-refractivity contribution is 0.301. The highest BCUT2D eigenvalue weighted by Crippen LogP contribution is 2.62. The van der Waals surface area contributed by atoms with Crippen LogP contribution in [0, 0.1) is 22.9 Å². The third-order valence-electron chi connectivity index (χ3n) is 6.46. The van der Waals surface area contributed by atoms with Gasteiger partial charge in [-0.15, -0.1) is 0 Å². The minimum Gasteiger partial charge on any atom is -0.396 e. The van der Waals surface area contributed by atoms with Crippen molar-refractivity contribution in [2.24, 2.45) is 4.99 Å². The summed E-state index contributed by atoms with van der Waals surface area (Å²) in [5.41, 5.74) is 8.23. The summed E-state index contributed by atoms with van der Waals surface area (Å²) in [6.07, 6.45) is 7.73. The molecular formula is C21H18BF2N5. The summed E-state index contributed by atoms with van der Waals surface area (Å²) in [6.45, 7) is 0.0663. The van der Waals surface area contributed by atoms with Crippen LogP contribution in [0.25, 0.3) is 16.8 Å². The molecule has 2 aromatic heterocycles. The van der Waals surface area contributed by atoms with E-state index in [4.69, 9.17) is 5.73 Å². The zero-order valence-corrected chi connectivity index (χ0v) is 15.9. The quantitative estimate of drug-likeness (QED) is 0.419. The van der Waals surface area contributed by atoms with Gasteiger partial charge in [-0.2, -0.15) is 0 Å². The SMILES string of the molecule is CN=Cc1cc(-c2cc(F)c3nc(C45CB(C#N)C(C4)C5)cn3c2)cc(F)c1N. The highest BCUT2D eigenvalue weighted by Gasteiger charge is 2.60. The first-order valence-corrected chi connectivity index (χ1v) is 9.54. The number of nitrogens with two attached hydrogens (primary N) is 1. The van der Waals surface area contributed by atoms with Crippen molar-refractivity contribution >= 4 is 24.3 Å². The van der Waals surface area contributed by atoms with Gasteiger partial charge in [0.1, 0.15) is 5.82 Å². The standard InChI is InChI=1S/C21H18BF2N5/c1-27-7-13-2-12(3-16(23)19(13)26)14-4-17(24)20-28-18(9-29(20)8-14)21-5-15(6-21)22(10-21)11-25/h2-4,7-9,15H,5-6,10,26H2,1H3. The lowest BCUT2D eigenvalue weighted by Gasteiger charge is -2.37. The van der Waals surface area contributed by atoms with Gasteiger partial charge in [0.15, 0.2) is 11.5 Å². The Morgan fingerprint density at radius 3 is 2.72 bits per heavy atom. The molecule has 4 heterocycles. The monoisotopic (exact) mass is 389 g/mol. The van der Waals surface area contributed by atoms with E-state index in [-0.39, 0.29) is 23.5 Å². The smallest absolute Gasteiger partial charge is 0.272 e. The summed E-state index contributed by atoms with van der Waals surface area (Å²) in [7, 11) is 1.58. The van der Waals surface area contributed by atoms with Crippen LogP contribution in [-0.4, -0.2) is 29.4 Å². The maximum atomic E-state index is 14.9. The van der Waals surface area contributed by atoms with Crippen molar-refractivity contribution in [1.29, 1.82) is 5.26 Å². The molecule has 8 heteroatoms. The molecule has 0 radical (unpaired) electrons. The number of halogens is 2. The van der Waals surface area contributed by atoms with Crippen LogP contribution in [0.3, 0.4) is 0 Å². The number of imidazole rings is 1. The maximum Gasteiger partial charge on any atom is 0.272 e. The number of hydrogen-bond acceptors (Lipinski definition) is 4. The van der Waals surface area contributed by atoms with Crippen LogP contribution < -0.4 is 5.73 Å². The normalized spacial score (nSPS) is 23.0. The predicted octanol–water partition coefficient (Wildman–Crippen LogP) is 3.88. The Balaban J connectivity index is 1.59. The molecule has 1 saturated carbocycles. The van der Waals surface area contributed by atoms with Crippen molar-refractivity contribution in [2.45, 2.75) is 30.4 Å². The summed E-state index contributed by atoms with van der Waals surface area (Å²) in [6, 6.07) is 4.34. The highest BCUT2D eigenvalue weighted by molar-refractivity contribution is 6.70. The average molecular weight is 389 g/mol. The van der Waals surface area contributed by atoms with Crippen LogP contribution in [0.5, 0.6) is 0 Å². The number of anilines is 1. The summed E-state index contributed by atoms with van der Waals surface area (Å²) in [4.78, 5) is 8.45. The molecule has 2 bridgehead atoms. The van der Waals surface area contributed by atoms with E-state index in [0.29, 0.717) is 22.5 Å². The van der Waals surface area contributed by atoms with E-state index in [0.717, 1.165) is 24.9 Å². The van der Waals surface area contributed by atoms with Crippen molar-refractivity contribution in [3.05, 3.63) is 53.5 Å². The van der Waals surface area contributed by atoms with Gasteiger partial charge in [0.2, 0.25) is 0 Å². The fraction of sp³-hybridized carbons (Fsp3) is 0.286. The van der Waals surface area contributed by atoms with Crippen LogP contribution >= 0.6 is 0 Å². The van der Waals surface area contributed by atoms with Crippen LogP contribution in [-0.2, 0) is 5.41 Å². The number of hydrogen-bond donors (Lipinski definition) is 1. The van der Waals surface area contributed by atoms with E-state index in [1.54, 1.807) is 23.7 Å². The second-order valence-electron chi connectivity index (χ2n) is 8.17.